The van der Waals surface area contributed by atoms with Crippen molar-refractivity contribution in [1.82, 2.24) is 14.5 Å². The molecule has 0 aliphatic rings. The van der Waals surface area contributed by atoms with E-state index in [2.05, 4.69) is 9.97 Å². The molecule has 0 amide bonds. The van der Waals surface area contributed by atoms with Gasteiger partial charge in [0.15, 0.2) is 10.8 Å². The number of aryl methyl sites for hydroxylation is 1. The molecule has 0 atom stereocenters. The molecule has 1 N–H and O–H groups in total. The van der Waals surface area contributed by atoms with Crippen LogP contribution in [-0.4, -0.2) is 31.4 Å². The summed E-state index contributed by atoms with van der Waals surface area (Å²) in [6.07, 6.45) is 1.61. The Labute approximate surface area is 124 Å². The normalized spacial score (nSPS) is 11.1. The Balaban J connectivity index is 2.04. The largest absolute Gasteiger partial charge is 0.481 e. The number of thioether (sulfide) groups is 1. The molecule has 0 saturated heterocycles. The second-order valence-corrected chi connectivity index (χ2v) is 5.48. The van der Waals surface area contributed by atoms with Crippen molar-refractivity contribution in [3.05, 3.63) is 42.0 Å². The van der Waals surface area contributed by atoms with E-state index in [0.717, 1.165) is 22.6 Å². The topological polar surface area (TPSA) is 81.1 Å². The average molecular weight is 303 g/mol. The first-order chi connectivity index (χ1) is 10.1. The number of pyridine rings is 1. The first-order valence-corrected chi connectivity index (χ1v) is 7.33. The van der Waals surface area contributed by atoms with Crippen LogP contribution in [0, 0.1) is 6.92 Å². The molecule has 0 aliphatic carbocycles. The Kier molecular flexibility index (Phi) is 3.66. The van der Waals surface area contributed by atoms with Gasteiger partial charge < -0.3 is 9.52 Å². The molecule has 0 spiro atoms. The van der Waals surface area contributed by atoms with E-state index in [4.69, 9.17) is 9.52 Å². The summed E-state index contributed by atoms with van der Waals surface area (Å²) in [5, 5.41) is 9.48. The Bertz CT molecular complexity index is 780. The van der Waals surface area contributed by atoms with Gasteiger partial charge in [-0.05, 0) is 31.2 Å². The lowest BCUT2D eigenvalue weighted by Gasteiger charge is -2.05. The van der Waals surface area contributed by atoms with Crippen LogP contribution in [0.4, 0.5) is 0 Å². The molecule has 0 aromatic carbocycles. The van der Waals surface area contributed by atoms with Crippen molar-refractivity contribution in [3.63, 3.8) is 0 Å². The number of furan rings is 1. The van der Waals surface area contributed by atoms with Crippen LogP contribution in [0.1, 0.15) is 11.5 Å². The Hall–Kier alpha value is -2.28. The van der Waals surface area contributed by atoms with Crippen molar-refractivity contribution < 1.29 is 14.3 Å². The standard InChI is InChI=1S/C14H13N3O3S/c1-9-4-5-11-13(15-9)17(7-10-3-2-6-20-10)14(16-11)21-8-12(18)19/h2-6H,7-8H2,1H3,(H,18,19). The van der Waals surface area contributed by atoms with E-state index >= 15 is 0 Å². The van der Waals surface area contributed by atoms with Crippen molar-refractivity contribution in [2.45, 2.75) is 18.6 Å². The van der Waals surface area contributed by atoms with Crippen LogP contribution in [0.5, 0.6) is 0 Å². The lowest BCUT2D eigenvalue weighted by atomic mass is 10.3. The number of hydrogen-bond donors (Lipinski definition) is 1. The number of aromatic nitrogens is 3. The van der Waals surface area contributed by atoms with Gasteiger partial charge in [0.1, 0.15) is 11.3 Å². The summed E-state index contributed by atoms with van der Waals surface area (Å²) >= 11 is 1.18. The summed E-state index contributed by atoms with van der Waals surface area (Å²) < 4.78 is 7.25. The Morgan fingerprint density at radius 1 is 1.38 bits per heavy atom. The number of carboxylic acids is 1. The highest BCUT2D eigenvalue weighted by Crippen LogP contribution is 2.24. The number of carbonyl (C=O) groups is 1. The van der Waals surface area contributed by atoms with Gasteiger partial charge in [0, 0.05) is 5.69 Å². The molecule has 7 heteroatoms. The minimum absolute atomic E-state index is 0.0412. The summed E-state index contributed by atoms with van der Waals surface area (Å²) in [5.74, 6) is -0.143. The number of aliphatic carboxylic acids is 1. The summed E-state index contributed by atoms with van der Waals surface area (Å²) in [7, 11) is 0. The maximum atomic E-state index is 10.8. The van der Waals surface area contributed by atoms with E-state index in [1.807, 2.05) is 35.8 Å². The Morgan fingerprint density at radius 2 is 2.24 bits per heavy atom. The van der Waals surface area contributed by atoms with Gasteiger partial charge in [0.25, 0.3) is 0 Å². The number of nitrogens with zero attached hydrogens (tertiary/aromatic N) is 3. The van der Waals surface area contributed by atoms with Gasteiger partial charge in [0.05, 0.1) is 18.6 Å². The van der Waals surface area contributed by atoms with E-state index in [-0.39, 0.29) is 5.75 Å². The van der Waals surface area contributed by atoms with Crippen molar-refractivity contribution in [3.8, 4) is 0 Å². The van der Waals surface area contributed by atoms with Gasteiger partial charge in [0.2, 0.25) is 0 Å². The van der Waals surface area contributed by atoms with E-state index in [9.17, 15) is 4.79 Å². The molecule has 3 aromatic heterocycles. The third-order valence-corrected chi connectivity index (χ3v) is 3.88. The summed E-state index contributed by atoms with van der Waals surface area (Å²) in [4.78, 5) is 19.7. The molecule has 3 aromatic rings. The summed E-state index contributed by atoms with van der Waals surface area (Å²) in [5.41, 5.74) is 2.37. The minimum atomic E-state index is -0.874. The monoisotopic (exact) mass is 303 g/mol. The van der Waals surface area contributed by atoms with Crippen LogP contribution in [0.15, 0.2) is 40.1 Å². The van der Waals surface area contributed by atoms with E-state index in [1.54, 1.807) is 6.26 Å². The molecular weight excluding hydrogens is 290 g/mol. The molecule has 0 unspecified atom stereocenters. The van der Waals surface area contributed by atoms with Crippen LogP contribution >= 0.6 is 11.8 Å². The zero-order valence-corrected chi connectivity index (χ0v) is 12.1. The van der Waals surface area contributed by atoms with Gasteiger partial charge in [-0.1, -0.05) is 11.8 Å². The molecule has 108 valence electrons. The molecule has 3 heterocycles. The van der Waals surface area contributed by atoms with Crippen LogP contribution in [-0.2, 0) is 11.3 Å². The number of fused-ring (bicyclic) bond motifs is 1. The fourth-order valence-electron chi connectivity index (χ4n) is 2.01. The number of rotatable bonds is 5. The first-order valence-electron chi connectivity index (χ1n) is 6.34. The third kappa shape index (κ3) is 2.92. The maximum absolute atomic E-state index is 10.8. The smallest absolute Gasteiger partial charge is 0.313 e. The van der Waals surface area contributed by atoms with Crippen molar-refractivity contribution in [2.75, 3.05) is 5.75 Å². The second-order valence-electron chi connectivity index (χ2n) is 4.54. The molecule has 3 rings (SSSR count). The molecule has 6 nitrogen and oxygen atoms in total. The van der Waals surface area contributed by atoms with Crippen molar-refractivity contribution in [1.29, 1.82) is 0 Å². The maximum Gasteiger partial charge on any atom is 0.313 e. The van der Waals surface area contributed by atoms with E-state index < -0.39 is 5.97 Å². The van der Waals surface area contributed by atoms with Crippen LogP contribution in [0.25, 0.3) is 11.2 Å². The molecule has 0 fully saturated rings. The highest BCUT2D eigenvalue weighted by atomic mass is 32.2. The molecule has 0 radical (unpaired) electrons. The lowest BCUT2D eigenvalue weighted by Crippen LogP contribution is -2.04. The number of hydrogen-bond acceptors (Lipinski definition) is 5. The quantitative estimate of drug-likeness (QED) is 0.730. The number of carboxylic acid groups (broad SMARTS) is 1. The van der Waals surface area contributed by atoms with Gasteiger partial charge in [-0.3, -0.25) is 9.36 Å². The van der Waals surface area contributed by atoms with E-state index in [0.29, 0.717) is 11.7 Å². The molecule has 0 aliphatic heterocycles. The minimum Gasteiger partial charge on any atom is -0.481 e. The Morgan fingerprint density at radius 3 is 2.95 bits per heavy atom. The average Bonchev–Trinajstić information content (AvgIpc) is 3.06. The van der Waals surface area contributed by atoms with Crippen molar-refractivity contribution in [2.24, 2.45) is 0 Å². The van der Waals surface area contributed by atoms with Gasteiger partial charge in [-0.15, -0.1) is 0 Å². The fourth-order valence-corrected chi connectivity index (χ4v) is 2.74. The third-order valence-electron chi connectivity index (χ3n) is 2.92. The van der Waals surface area contributed by atoms with Crippen LogP contribution in [0.2, 0.25) is 0 Å². The highest BCUT2D eigenvalue weighted by molar-refractivity contribution is 7.99. The van der Waals surface area contributed by atoms with Gasteiger partial charge >= 0.3 is 5.97 Å². The SMILES string of the molecule is Cc1ccc2nc(SCC(=O)O)n(Cc3ccco3)c2n1. The number of imidazole rings is 1. The van der Waals surface area contributed by atoms with Gasteiger partial charge in [-0.2, -0.15) is 0 Å². The van der Waals surface area contributed by atoms with Crippen LogP contribution in [0.3, 0.4) is 0 Å². The zero-order valence-electron chi connectivity index (χ0n) is 11.3. The lowest BCUT2D eigenvalue weighted by molar-refractivity contribution is -0.133. The zero-order chi connectivity index (χ0) is 14.8. The molecular formula is C14H13N3O3S. The van der Waals surface area contributed by atoms with E-state index in [1.165, 1.54) is 11.8 Å². The first kappa shape index (κ1) is 13.7. The molecule has 0 bridgehead atoms. The predicted molar refractivity (Wildman–Crippen MR) is 78.4 cm³/mol. The van der Waals surface area contributed by atoms with Gasteiger partial charge in [-0.25, -0.2) is 9.97 Å². The summed E-state index contributed by atoms with van der Waals surface area (Å²) in [6, 6.07) is 7.46. The molecule has 0 saturated carbocycles. The van der Waals surface area contributed by atoms with Crippen LogP contribution < -0.4 is 0 Å². The predicted octanol–water partition coefficient (Wildman–Crippen LogP) is 2.56. The summed E-state index contributed by atoms with van der Waals surface area (Å²) in [6.45, 7) is 2.38. The highest BCUT2D eigenvalue weighted by Gasteiger charge is 2.15. The second kappa shape index (κ2) is 5.61. The molecule has 21 heavy (non-hydrogen) atoms. The van der Waals surface area contributed by atoms with Crippen molar-refractivity contribution >= 4 is 28.9 Å². The fraction of sp³-hybridized carbons (Fsp3) is 0.214.